The third-order valence-electron chi connectivity index (χ3n) is 1.86. The SMILES string of the molecule is Nc1cncc(-c2ccc(Cl)cc2F)n1. The normalized spacial score (nSPS) is 10.3. The number of halogens is 2. The standard InChI is InChI=1S/C10H7ClFN3/c11-6-1-2-7(8(12)3-6)9-4-14-5-10(13)15-9/h1-5H,(H2,13,15). The molecular formula is C10H7ClFN3. The second kappa shape index (κ2) is 3.82. The maximum atomic E-state index is 13.5. The van der Waals surface area contributed by atoms with Crippen molar-refractivity contribution in [3.8, 4) is 11.3 Å². The molecule has 0 atom stereocenters. The van der Waals surface area contributed by atoms with E-state index in [2.05, 4.69) is 9.97 Å². The number of nitrogens with two attached hydrogens (primary N) is 1. The highest BCUT2D eigenvalue weighted by molar-refractivity contribution is 6.30. The highest BCUT2D eigenvalue weighted by Gasteiger charge is 2.07. The van der Waals surface area contributed by atoms with Crippen LogP contribution in [0.1, 0.15) is 0 Å². The average Bonchev–Trinajstić information content (AvgIpc) is 2.17. The largest absolute Gasteiger partial charge is 0.382 e. The van der Waals surface area contributed by atoms with E-state index < -0.39 is 5.82 Å². The first-order valence-corrected chi connectivity index (χ1v) is 4.57. The first-order valence-electron chi connectivity index (χ1n) is 4.20. The minimum Gasteiger partial charge on any atom is -0.382 e. The number of benzene rings is 1. The summed E-state index contributed by atoms with van der Waals surface area (Å²) in [5, 5.41) is 0.341. The third-order valence-corrected chi connectivity index (χ3v) is 2.10. The molecule has 0 saturated heterocycles. The van der Waals surface area contributed by atoms with E-state index in [4.69, 9.17) is 17.3 Å². The van der Waals surface area contributed by atoms with Crippen molar-refractivity contribution < 1.29 is 4.39 Å². The molecule has 1 aromatic carbocycles. The lowest BCUT2D eigenvalue weighted by molar-refractivity contribution is 0.630. The van der Waals surface area contributed by atoms with Gasteiger partial charge >= 0.3 is 0 Å². The monoisotopic (exact) mass is 223 g/mol. The molecule has 0 amide bonds. The van der Waals surface area contributed by atoms with E-state index in [1.54, 1.807) is 12.1 Å². The van der Waals surface area contributed by atoms with E-state index in [-0.39, 0.29) is 5.82 Å². The van der Waals surface area contributed by atoms with Gasteiger partial charge in [-0.05, 0) is 18.2 Å². The summed E-state index contributed by atoms with van der Waals surface area (Å²) in [6, 6.07) is 4.35. The van der Waals surface area contributed by atoms with Gasteiger partial charge in [0.2, 0.25) is 0 Å². The van der Waals surface area contributed by atoms with Crippen molar-refractivity contribution in [2.75, 3.05) is 5.73 Å². The fourth-order valence-corrected chi connectivity index (χ4v) is 1.37. The van der Waals surface area contributed by atoms with Crippen molar-refractivity contribution >= 4 is 17.4 Å². The zero-order chi connectivity index (χ0) is 10.8. The molecule has 76 valence electrons. The molecule has 0 aliphatic heterocycles. The Bertz CT molecular complexity index is 502. The summed E-state index contributed by atoms with van der Waals surface area (Å²) in [7, 11) is 0. The van der Waals surface area contributed by atoms with Crippen molar-refractivity contribution in [3.05, 3.63) is 41.4 Å². The van der Waals surface area contributed by atoms with E-state index in [1.165, 1.54) is 18.5 Å². The lowest BCUT2D eigenvalue weighted by atomic mass is 10.1. The summed E-state index contributed by atoms with van der Waals surface area (Å²) in [4.78, 5) is 7.80. The second-order valence-corrected chi connectivity index (χ2v) is 3.39. The molecule has 15 heavy (non-hydrogen) atoms. The fourth-order valence-electron chi connectivity index (χ4n) is 1.21. The van der Waals surface area contributed by atoms with Gasteiger partial charge in [-0.2, -0.15) is 0 Å². The molecular weight excluding hydrogens is 217 g/mol. The molecule has 2 rings (SSSR count). The van der Waals surface area contributed by atoms with Crippen molar-refractivity contribution in [3.63, 3.8) is 0 Å². The van der Waals surface area contributed by atoms with Gasteiger partial charge in [-0.15, -0.1) is 0 Å². The molecule has 0 fully saturated rings. The van der Waals surface area contributed by atoms with Gasteiger partial charge in [0.05, 0.1) is 18.1 Å². The lowest BCUT2D eigenvalue weighted by Gasteiger charge is -2.02. The molecule has 0 radical (unpaired) electrons. The van der Waals surface area contributed by atoms with Gasteiger partial charge < -0.3 is 5.73 Å². The maximum Gasteiger partial charge on any atom is 0.142 e. The summed E-state index contributed by atoms with van der Waals surface area (Å²) < 4.78 is 13.5. The van der Waals surface area contributed by atoms with Crippen LogP contribution < -0.4 is 5.73 Å². The zero-order valence-corrected chi connectivity index (χ0v) is 8.37. The Morgan fingerprint density at radius 2 is 2.07 bits per heavy atom. The first-order chi connectivity index (χ1) is 7.16. The van der Waals surface area contributed by atoms with Crippen LogP contribution in [0, 0.1) is 5.82 Å². The van der Waals surface area contributed by atoms with Gasteiger partial charge in [-0.3, -0.25) is 4.98 Å². The van der Waals surface area contributed by atoms with Crippen LogP contribution in [0.3, 0.4) is 0 Å². The van der Waals surface area contributed by atoms with Crippen molar-refractivity contribution in [1.82, 2.24) is 9.97 Å². The van der Waals surface area contributed by atoms with Crippen molar-refractivity contribution in [2.24, 2.45) is 0 Å². The summed E-state index contributed by atoms with van der Waals surface area (Å²) in [6.45, 7) is 0. The number of nitrogens with zero attached hydrogens (tertiary/aromatic N) is 2. The Morgan fingerprint density at radius 1 is 1.27 bits per heavy atom. The van der Waals surface area contributed by atoms with Gasteiger partial charge in [0.25, 0.3) is 0 Å². The first kappa shape index (κ1) is 9.86. The van der Waals surface area contributed by atoms with Crippen LogP contribution in [0.5, 0.6) is 0 Å². The Hall–Kier alpha value is -1.68. The smallest absolute Gasteiger partial charge is 0.142 e. The molecule has 2 aromatic rings. The summed E-state index contributed by atoms with van der Waals surface area (Å²) in [5.74, 6) is -0.191. The van der Waals surface area contributed by atoms with E-state index in [0.717, 1.165) is 0 Å². The number of hydrogen-bond donors (Lipinski definition) is 1. The van der Waals surface area contributed by atoms with E-state index in [9.17, 15) is 4.39 Å². The quantitative estimate of drug-likeness (QED) is 0.808. The van der Waals surface area contributed by atoms with Gasteiger partial charge in [-0.25, -0.2) is 9.37 Å². The van der Waals surface area contributed by atoms with Gasteiger partial charge in [0, 0.05) is 10.6 Å². The minimum absolute atomic E-state index is 0.252. The fraction of sp³-hybridized carbons (Fsp3) is 0. The Morgan fingerprint density at radius 3 is 2.73 bits per heavy atom. The summed E-state index contributed by atoms with van der Waals surface area (Å²) >= 11 is 5.63. The van der Waals surface area contributed by atoms with Crippen LogP contribution in [0.25, 0.3) is 11.3 Å². The number of rotatable bonds is 1. The van der Waals surface area contributed by atoms with Gasteiger partial charge in [0.1, 0.15) is 11.6 Å². The van der Waals surface area contributed by atoms with Crippen molar-refractivity contribution in [2.45, 2.75) is 0 Å². The molecule has 0 spiro atoms. The predicted molar refractivity (Wildman–Crippen MR) is 56.8 cm³/mol. The second-order valence-electron chi connectivity index (χ2n) is 2.95. The highest BCUT2D eigenvalue weighted by atomic mass is 35.5. The highest BCUT2D eigenvalue weighted by Crippen LogP contribution is 2.23. The molecule has 0 bridgehead atoms. The number of hydrogen-bond acceptors (Lipinski definition) is 3. The molecule has 0 unspecified atom stereocenters. The lowest BCUT2D eigenvalue weighted by Crippen LogP contribution is -1.95. The molecule has 1 heterocycles. The number of nitrogen functional groups attached to an aromatic ring is 1. The molecule has 0 aliphatic carbocycles. The molecule has 1 aromatic heterocycles. The third kappa shape index (κ3) is 2.05. The van der Waals surface area contributed by atoms with E-state index in [0.29, 0.717) is 16.3 Å². The zero-order valence-electron chi connectivity index (χ0n) is 7.61. The molecule has 5 heteroatoms. The Kier molecular flexibility index (Phi) is 2.51. The van der Waals surface area contributed by atoms with Crippen LogP contribution in [0.15, 0.2) is 30.6 Å². The van der Waals surface area contributed by atoms with Crippen LogP contribution in [0.4, 0.5) is 10.2 Å². The average molecular weight is 224 g/mol. The minimum atomic E-state index is -0.442. The number of aromatic nitrogens is 2. The number of anilines is 1. The van der Waals surface area contributed by atoms with E-state index >= 15 is 0 Å². The summed E-state index contributed by atoms with van der Waals surface area (Å²) in [5.41, 5.74) is 6.18. The van der Waals surface area contributed by atoms with Crippen LogP contribution in [-0.2, 0) is 0 Å². The summed E-state index contributed by atoms with van der Waals surface area (Å²) in [6.07, 6.45) is 2.85. The molecule has 3 nitrogen and oxygen atoms in total. The topological polar surface area (TPSA) is 51.8 Å². The van der Waals surface area contributed by atoms with Gasteiger partial charge in [-0.1, -0.05) is 11.6 Å². The van der Waals surface area contributed by atoms with Crippen molar-refractivity contribution in [1.29, 1.82) is 0 Å². The maximum absolute atomic E-state index is 13.5. The Labute approximate surface area is 90.7 Å². The Balaban J connectivity index is 2.54. The molecule has 0 saturated carbocycles. The van der Waals surface area contributed by atoms with Crippen LogP contribution in [0.2, 0.25) is 5.02 Å². The molecule has 0 aliphatic rings. The van der Waals surface area contributed by atoms with Gasteiger partial charge in [0.15, 0.2) is 0 Å². The van der Waals surface area contributed by atoms with Crippen LogP contribution in [-0.4, -0.2) is 9.97 Å². The predicted octanol–water partition coefficient (Wildman–Crippen LogP) is 2.52. The van der Waals surface area contributed by atoms with E-state index in [1.807, 2.05) is 0 Å². The molecule has 2 N–H and O–H groups in total. The van der Waals surface area contributed by atoms with Crippen LogP contribution >= 0.6 is 11.6 Å².